The number of ether oxygens (including phenoxy) is 1. The van der Waals surface area contributed by atoms with Gasteiger partial charge in [-0.25, -0.2) is 4.79 Å². The summed E-state index contributed by atoms with van der Waals surface area (Å²) in [6.07, 6.45) is 13.7. The third kappa shape index (κ3) is 6.90. The Labute approximate surface area is 122 Å². The lowest BCUT2D eigenvalue weighted by Gasteiger charge is -2.17. The molecule has 0 amide bonds. The molecule has 0 spiro atoms. The molecule has 0 bridgehead atoms. The van der Waals surface area contributed by atoms with E-state index in [4.69, 9.17) is 9.84 Å². The maximum atomic E-state index is 11.1. The molecule has 0 heterocycles. The van der Waals surface area contributed by atoms with Crippen LogP contribution in [0.15, 0.2) is 23.8 Å². The summed E-state index contributed by atoms with van der Waals surface area (Å²) in [6.45, 7) is 4.66. The Hall–Kier alpha value is -1.09. The monoisotopic (exact) mass is 280 g/mol. The van der Waals surface area contributed by atoms with Crippen LogP contribution >= 0.6 is 0 Å². The first-order valence-electron chi connectivity index (χ1n) is 7.86. The van der Waals surface area contributed by atoms with Crippen molar-refractivity contribution in [3.8, 4) is 0 Å². The summed E-state index contributed by atoms with van der Waals surface area (Å²) in [5.74, 6) is -0.243. The van der Waals surface area contributed by atoms with Crippen molar-refractivity contribution in [2.45, 2.75) is 64.9 Å². The van der Waals surface area contributed by atoms with Gasteiger partial charge in [-0.2, -0.15) is 0 Å². The molecule has 1 fully saturated rings. The molecule has 0 aromatic rings. The van der Waals surface area contributed by atoms with Gasteiger partial charge in [0.05, 0.1) is 18.3 Å². The van der Waals surface area contributed by atoms with Gasteiger partial charge in [0.25, 0.3) is 0 Å². The molecule has 1 N–H and O–H groups in total. The number of carboxylic acid groups (broad SMARTS) is 1. The fraction of sp³-hybridized carbons (Fsp3) is 0.706. The highest BCUT2D eigenvalue weighted by molar-refractivity contribution is 5.89. The minimum absolute atomic E-state index is 0.147. The fourth-order valence-electron chi connectivity index (χ4n) is 2.56. The van der Waals surface area contributed by atoms with Gasteiger partial charge in [0, 0.05) is 0 Å². The molecule has 1 saturated carbocycles. The van der Waals surface area contributed by atoms with E-state index in [1.807, 2.05) is 19.9 Å². The van der Waals surface area contributed by atoms with E-state index < -0.39 is 5.97 Å². The molecule has 1 unspecified atom stereocenters. The van der Waals surface area contributed by atoms with Crippen LogP contribution in [0.5, 0.6) is 0 Å². The summed E-state index contributed by atoms with van der Waals surface area (Å²) >= 11 is 0. The Morgan fingerprint density at radius 3 is 2.50 bits per heavy atom. The zero-order valence-electron chi connectivity index (χ0n) is 12.8. The molecule has 1 aliphatic carbocycles. The third-order valence-corrected chi connectivity index (χ3v) is 3.76. The molecule has 0 aromatic heterocycles. The highest BCUT2D eigenvalue weighted by Crippen LogP contribution is 2.23. The van der Waals surface area contributed by atoms with Crippen molar-refractivity contribution in [3.63, 3.8) is 0 Å². The Balaban J connectivity index is 2.45. The van der Waals surface area contributed by atoms with Gasteiger partial charge in [-0.15, -0.1) is 0 Å². The number of allylic oxidation sites excluding steroid dienone is 1. The largest absolute Gasteiger partial charge is 0.478 e. The summed E-state index contributed by atoms with van der Waals surface area (Å²) < 4.78 is 5.82. The van der Waals surface area contributed by atoms with E-state index in [1.54, 1.807) is 12.2 Å². The normalized spacial score (nSPS) is 20.0. The number of aliphatic carboxylic acids is 1. The van der Waals surface area contributed by atoms with E-state index in [1.165, 1.54) is 38.5 Å². The number of hydrogen-bond donors (Lipinski definition) is 1. The van der Waals surface area contributed by atoms with Crippen molar-refractivity contribution < 1.29 is 14.6 Å². The SMILES string of the molecule is CC/C=C\C(=C/C(C)OCC1CCCCCC1)C(=O)O. The average Bonchev–Trinajstić information content (AvgIpc) is 2.69. The Bertz CT molecular complexity index is 336. The first kappa shape index (κ1) is 17.0. The topological polar surface area (TPSA) is 46.5 Å². The van der Waals surface area contributed by atoms with Crippen LogP contribution in [-0.2, 0) is 9.53 Å². The second kappa shape index (κ2) is 9.76. The first-order chi connectivity index (χ1) is 9.63. The fourth-order valence-corrected chi connectivity index (χ4v) is 2.56. The summed E-state index contributed by atoms with van der Waals surface area (Å²) in [5.41, 5.74) is 0.320. The molecule has 0 aliphatic heterocycles. The smallest absolute Gasteiger partial charge is 0.335 e. The maximum absolute atomic E-state index is 11.1. The van der Waals surface area contributed by atoms with Crippen LogP contribution in [0.4, 0.5) is 0 Å². The van der Waals surface area contributed by atoms with Crippen molar-refractivity contribution in [2.24, 2.45) is 5.92 Å². The van der Waals surface area contributed by atoms with Crippen LogP contribution in [0.2, 0.25) is 0 Å². The highest BCUT2D eigenvalue weighted by Gasteiger charge is 2.14. The van der Waals surface area contributed by atoms with E-state index >= 15 is 0 Å². The lowest BCUT2D eigenvalue weighted by Crippen LogP contribution is -2.15. The summed E-state index contributed by atoms with van der Waals surface area (Å²) in [7, 11) is 0. The molecule has 0 saturated heterocycles. The van der Waals surface area contributed by atoms with Crippen molar-refractivity contribution in [1.82, 2.24) is 0 Å². The zero-order chi connectivity index (χ0) is 14.8. The first-order valence-corrected chi connectivity index (χ1v) is 7.86. The molecular formula is C17H28O3. The van der Waals surface area contributed by atoms with Gasteiger partial charge in [-0.1, -0.05) is 44.8 Å². The minimum atomic E-state index is -0.889. The molecular weight excluding hydrogens is 252 g/mol. The lowest BCUT2D eigenvalue weighted by atomic mass is 10.0. The molecule has 20 heavy (non-hydrogen) atoms. The van der Waals surface area contributed by atoms with Gasteiger partial charge in [-0.05, 0) is 38.2 Å². The second-order valence-electron chi connectivity index (χ2n) is 5.63. The molecule has 3 heteroatoms. The van der Waals surface area contributed by atoms with Crippen LogP contribution in [0, 0.1) is 5.92 Å². The number of carbonyl (C=O) groups is 1. The molecule has 0 radical (unpaired) electrons. The highest BCUT2D eigenvalue weighted by atomic mass is 16.5. The molecule has 0 aromatic carbocycles. The standard InChI is InChI=1S/C17H28O3/c1-3-4-11-16(17(18)19)12-14(2)20-13-15-9-7-5-6-8-10-15/h4,11-12,14-15H,3,5-10,13H2,1-2H3,(H,18,19)/b11-4-,16-12+. The average molecular weight is 280 g/mol. The minimum Gasteiger partial charge on any atom is -0.478 e. The predicted octanol–water partition coefficient (Wildman–Crippen LogP) is 4.34. The van der Waals surface area contributed by atoms with Crippen molar-refractivity contribution in [1.29, 1.82) is 0 Å². The van der Waals surface area contributed by atoms with Crippen molar-refractivity contribution in [2.75, 3.05) is 6.61 Å². The van der Waals surface area contributed by atoms with Crippen molar-refractivity contribution >= 4 is 5.97 Å². The second-order valence-corrected chi connectivity index (χ2v) is 5.63. The molecule has 3 nitrogen and oxygen atoms in total. The van der Waals surface area contributed by atoms with Crippen LogP contribution in [0.3, 0.4) is 0 Å². The number of hydrogen-bond acceptors (Lipinski definition) is 2. The Morgan fingerprint density at radius 2 is 1.95 bits per heavy atom. The van der Waals surface area contributed by atoms with E-state index in [0.29, 0.717) is 11.5 Å². The summed E-state index contributed by atoms with van der Waals surface area (Å²) in [6, 6.07) is 0. The molecule has 1 aliphatic rings. The Morgan fingerprint density at radius 1 is 1.30 bits per heavy atom. The van der Waals surface area contributed by atoms with Gasteiger partial charge >= 0.3 is 5.97 Å². The lowest BCUT2D eigenvalue weighted by molar-refractivity contribution is -0.132. The van der Waals surface area contributed by atoms with E-state index in [-0.39, 0.29) is 6.10 Å². The van der Waals surface area contributed by atoms with Gasteiger partial charge < -0.3 is 9.84 Å². The quantitative estimate of drug-likeness (QED) is 0.429. The van der Waals surface area contributed by atoms with E-state index in [2.05, 4.69) is 0 Å². The molecule has 1 rings (SSSR count). The van der Waals surface area contributed by atoms with Gasteiger partial charge in [0.2, 0.25) is 0 Å². The van der Waals surface area contributed by atoms with Gasteiger partial charge in [0.1, 0.15) is 0 Å². The predicted molar refractivity (Wildman–Crippen MR) is 81.8 cm³/mol. The zero-order valence-corrected chi connectivity index (χ0v) is 12.8. The van der Waals surface area contributed by atoms with Crippen LogP contribution in [-0.4, -0.2) is 23.8 Å². The summed E-state index contributed by atoms with van der Waals surface area (Å²) in [4.78, 5) is 11.1. The van der Waals surface area contributed by atoms with Crippen LogP contribution in [0.25, 0.3) is 0 Å². The van der Waals surface area contributed by atoms with Crippen LogP contribution in [0.1, 0.15) is 58.8 Å². The van der Waals surface area contributed by atoms with Crippen LogP contribution < -0.4 is 0 Å². The van der Waals surface area contributed by atoms with E-state index in [0.717, 1.165) is 13.0 Å². The van der Waals surface area contributed by atoms with E-state index in [9.17, 15) is 4.79 Å². The van der Waals surface area contributed by atoms with Gasteiger partial charge in [-0.3, -0.25) is 0 Å². The Kier molecular flexibility index (Phi) is 8.28. The maximum Gasteiger partial charge on any atom is 0.335 e. The number of carboxylic acids is 1. The van der Waals surface area contributed by atoms with Gasteiger partial charge in [0.15, 0.2) is 0 Å². The number of rotatable bonds is 7. The molecule has 1 atom stereocenters. The third-order valence-electron chi connectivity index (χ3n) is 3.76. The molecule has 114 valence electrons. The van der Waals surface area contributed by atoms with Crippen molar-refractivity contribution in [3.05, 3.63) is 23.8 Å². The summed E-state index contributed by atoms with van der Waals surface area (Å²) in [5, 5.41) is 9.13.